The minimum atomic E-state index is -0.641. The monoisotopic (exact) mass is 448 g/mol. The number of hydrogen-bond acceptors (Lipinski definition) is 4. The highest BCUT2D eigenvalue weighted by Gasteiger charge is 2.40. The standard InChI is InChI=1S/C23H21ClN6O2/c24-16-6-8-17(9-7-16)26-21(31)14-20-22(32)29(12-3-11-28-13-10-25-15-28)23-27-18-4-1-2-5-19(18)30(20)23/h1-2,4-10,13,15,20H,3,11-12,14H2,(H,26,31). The van der Waals surface area contributed by atoms with E-state index in [0.717, 1.165) is 24.0 Å². The van der Waals surface area contributed by atoms with E-state index in [1.165, 1.54) is 0 Å². The van der Waals surface area contributed by atoms with Crippen LogP contribution in [0.1, 0.15) is 18.9 Å². The fraction of sp³-hybridized carbons (Fsp3) is 0.217. The van der Waals surface area contributed by atoms with Crippen molar-refractivity contribution in [1.82, 2.24) is 19.1 Å². The number of imidazole rings is 2. The molecular formula is C23H21ClN6O2. The van der Waals surface area contributed by atoms with E-state index in [1.54, 1.807) is 41.7 Å². The third-order valence-electron chi connectivity index (χ3n) is 5.55. The molecular weight excluding hydrogens is 428 g/mol. The summed E-state index contributed by atoms with van der Waals surface area (Å²) in [6.07, 6.45) is 6.15. The fourth-order valence-electron chi connectivity index (χ4n) is 4.06. The van der Waals surface area contributed by atoms with Gasteiger partial charge in [-0.15, -0.1) is 0 Å². The molecule has 0 spiro atoms. The molecule has 2 aromatic carbocycles. The first-order valence-corrected chi connectivity index (χ1v) is 10.8. The van der Waals surface area contributed by atoms with Gasteiger partial charge in [0.25, 0.3) is 5.91 Å². The summed E-state index contributed by atoms with van der Waals surface area (Å²) in [6, 6.07) is 13.9. The zero-order valence-electron chi connectivity index (χ0n) is 17.2. The van der Waals surface area contributed by atoms with E-state index in [0.29, 0.717) is 23.2 Å². The lowest BCUT2D eigenvalue weighted by atomic mass is 10.1. The largest absolute Gasteiger partial charge is 0.337 e. The van der Waals surface area contributed by atoms with Crippen molar-refractivity contribution >= 4 is 46.1 Å². The Morgan fingerprint density at radius 2 is 1.91 bits per heavy atom. The van der Waals surface area contributed by atoms with E-state index in [1.807, 2.05) is 39.6 Å². The van der Waals surface area contributed by atoms with Gasteiger partial charge in [0.15, 0.2) is 0 Å². The predicted octanol–water partition coefficient (Wildman–Crippen LogP) is 3.89. The Hall–Kier alpha value is -3.65. The number of nitrogens with one attached hydrogen (secondary N) is 1. The molecule has 0 radical (unpaired) electrons. The van der Waals surface area contributed by atoms with Gasteiger partial charge >= 0.3 is 0 Å². The number of halogens is 1. The SMILES string of the molecule is O=C(CC1C(=O)N(CCCn2ccnc2)c2nc3ccccc3n21)Nc1ccc(Cl)cc1. The van der Waals surface area contributed by atoms with Gasteiger partial charge in [0.2, 0.25) is 11.9 Å². The smallest absolute Gasteiger partial charge is 0.253 e. The number of amides is 2. The van der Waals surface area contributed by atoms with Gasteiger partial charge in [-0.25, -0.2) is 9.97 Å². The molecule has 0 saturated carbocycles. The van der Waals surface area contributed by atoms with E-state index in [-0.39, 0.29) is 18.2 Å². The number of aryl methyl sites for hydroxylation is 1. The number of fused-ring (bicyclic) bond motifs is 3. The van der Waals surface area contributed by atoms with Gasteiger partial charge in [-0.2, -0.15) is 0 Å². The van der Waals surface area contributed by atoms with E-state index < -0.39 is 6.04 Å². The molecule has 2 amide bonds. The molecule has 9 heteroatoms. The first-order valence-electron chi connectivity index (χ1n) is 10.4. The van der Waals surface area contributed by atoms with Gasteiger partial charge in [-0.3, -0.25) is 19.1 Å². The number of nitrogens with zero attached hydrogens (tertiary/aromatic N) is 5. The van der Waals surface area contributed by atoms with Gasteiger partial charge in [-0.1, -0.05) is 23.7 Å². The Morgan fingerprint density at radius 3 is 2.69 bits per heavy atom. The zero-order chi connectivity index (χ0) is 22.1. The summed E-state index contributed by atoms with van der Waals surface area (Å²) < 4.78 is 3.86. The highest BCUT2D eigenvalue weighted by Crippen LogP contribution is 2.36. The molecule has 4 aromatic rings. The maximum absolute atomic E-state index is 13.3. The molecule has 5 rings (SSSR count). The van der Waals surface area contributed by atoms with Crippen LogP contribution in [0.15, 0.2) is 67.3 Å². The maximum Gasteiger partial charge on any atom is 0.253 e. The average molecular weight is 449 g/mol. The van der Waals surface area contributed by atoms with Gasteiger partial charge in [0.05, 0.1) is 23.8 Å². The van der Waals surface area contributed by atoms with Crippen molar-refractivity contribution in [3.05, 3.63) is 72.3 Å². The maximum atomic E-state index is 13.3. The summed E-state index contributed by atoms with van der Waals surface area (Å²) >= 11 is 5.92. The van der Waals surface area contributed by atoms with Crippen LogP contribution >= 0.6 is 11.6 Å². The van der Waals surface area contributed by atoms with Crippen LogP contribution in [0.5, 0.6) is 0 Å². The molecule has 1 aliphatic rings. The molecule has 0 saturated heterocycles. The lowest BCUT2D eigenvalue weighted by molar-refractivity contribution is -0.124. The van der Waals surface area contributed by atoms with Crippen LogP contribution in [0.25, 0.3) is 11.0 Å². The van der Waals surface area contributed by atoms with Crippen molar-refractivity contribution in [2.45, 2.75) is 25.4 Å². The zero-order valence-corrected chi connectivity index (χ0v) is 17.9. The van der Waals surface area contributed by atoms with Crippen molar-refractivity contribution in [2.75, 3.05) is 16.8 Å². The topological polar surface area (TPSA) is 85.1 Å². The van der Waals surface area contributed by atoms with Gasteiger partial charge in [0.1, 0.15) is 6.04 Å². The molecule has 0 bridgehead atoms. The van der Waals surface area contributed by atoms with Crippen molar-refractivity contribution in [1.29, 1.82) is 0 Å². The summed E-state index contributed by atoms with van der Waals surface area (Å²) in [5.41, 5.74) is 2.28. The Morgan fingerprint density at radius 1 is 1.09 bits per heavy atom. The molecule has 162 valence electrons. The molecule has 0 aliphatic carbocycles. The number of benzene rings is 2. The minimum absolute atomic E-state index is 0.0207. The normalized spacial score (nSPS) is 15.3. The number of anilines is 2. The number of carbonyl (C=O) groups excluding carboxylic acids is 2. The lowest BCUT2D eigenvalue weighted by Crippen LogP contribution is -2.32. The molecule has 1 unspecified atom stereocenters. The van der Waals surface area contributed by atoms with E-state index in [9.17, 15) is 9.59 Å². The second-order valence-electron chi connectivity index (χ2n) is 7.69. The first kappa shape index (κ1) is 20.3. The lowest BCUT2D eigenvalue weighted by Gasteiger charge is -2.16. The third-order valence-corrected chi connectivity index (χ3v) is 5.80. The van der Waals surface area contributed by atoms with Gasteiger partial charge in [0, 0.05) is 36.2 Å². The van der Waals surface area contributed by atoms with Gasteiger partial charge < -0.3 is 9.88 Å². The Kier molecular flexibility index (Phi) is 5.36. The summed E-state index contributed by atoms with van der Waals surface area (Å²) in [4.78, 5) is 36.6. The molecule has 32 heavy (non-hydrogen) atoms. The molecule has 3 heterocycles. The summed E-state index contributed by atoms with van der Waals surface area (Å²) in [5.74, 6) is 0.232. The van der Waals surface area contributed by atoms with Crippen LogP contribution in [0.2, 0.25) is 5.02 Å². The van der Waals surface area contributed by atoms with Crippen LogP contribution in [-0.2, 0) is 16.1 Å². The van der Waals surface area contributed by atoms with E-state index in [2.05, 4.69) is 10.3 Å². The average Bonchev–Trinajstić information content (AvgIpc) is 3.49. The second-order valence-corrected chi connectivity index (χ2v) is 8.13. The highest BCUT2D eigenvalue weighted by molar-refractivity contribution is 6.30. The predicted molar refractivity (Wildman–Crippen MR) is 123 cm³/mol. The van der Waals surface area contributed by atoms with Crippen LogP contribution in [0, 0.1) is 0 Å². The molecule has 2 aromatic heterocycles. The molecule has 1 aliphatic heterocycles. The third kappa shape index (κ3) is 3.85. The summed E-state index contributed by atoms with van der Waals surface area (Å²) in [7, 11) is 0. The van der Waals surface area contributed by atoms with Crippen molar-refractivity contribution < 1.29 is 9.59 Å². The molecule has 8 nitrogen and oxygen atoms in total. The van der Waals surface area contributed by atoms with Crippen molar-refractivity contribution in [3.8, 4) is 0 Å². The Bertz CT molecular complexity index is 1270. The van der Waals surface area contributed by atoms with E-state index >= 15 is 0 Å². The second kappa shape index (κ2) is 8.47. The summed E-state index contributed by atoms with van der Waals surface area (Å²) in [6.45, 7) is 1.25. The van der Waals surface area contributed by atoms with Crippen molar-refractivity contribution in [2.24, 2.45) is 0 Å². The number of para-hydroxylation sites is 2. The van der Waals surface area contributed by atoms with Crippen LogP contribution in [0.4, 0.5) is 11.6 Å². The van der Waals surface area contributed by atoms with Crippen LogP contribution in [0.3, 0.4) is 0 Å². The number of aromatic nitrogens is 4. The van der Waals surface area contributed by atoms with Crippen molar-refractivity contribution in [3.63, 3.8) is 0 Å². The molecule has 0 fully saturated rings. The summed E-state index contributed by atoms with van der Waals surface area (Å²) in [5, 5.41) is 3.44. The highest BCUT2D eigenvalue weighted by atomic mass is 35.5. The van der Waals surface area contributed by atoms with Crippen LogP contribution < -0.4 is 10.2 Å². The first-order chi connectivity index (χ1) is 15.6. The Balaban J connectivity index is 1.38. The fourth-order valence-corrected chi connectivity index (χ4v) is 4.18. The number of rotatable bonds is 7. The molecule has 1 N–H and O–H groups in total. The quantitative estimate of drug-likeness (QED) is 0.464. The Labute approximate surface area is 189 Å². The minimum Gasteiger partial charge on any atom is -0.337 e. The number of hydrogen-bond donors (Lipinski definition) is 1. The van der Waals surface area contributed by atoms with Crippen LogP contribution in [-0.4, -0.2) is 37.5 Å². The van der Waals surface area contributed by atoms with E-state index in [4.69, 9.17) is 16.6 Å². The van der Waals surface area contributed by atoms with Gasteiger partial charge in [-0.05, 0) is 42.8 Å². The molecule has 1 atom stereocenters. The number of carbonyl (C=O) groups is 2.